The molecule has 3 heterocycles. The molecular formula is C18H27FN7O5PS. The van der Waals surface area contributed by atoms with E-state index >= 15 is 4.39 Å². The number of aliphatic hydroxyl groups is 1. The minimum atomic E-state index is -2.27. The highest BCUT2D eigenvalue weighted by Gasteiger charge is 2.84. The van der Waals surface area contributed by atoms with Gasteiger partial charge in [-0.05, 0) is 20.8 Å². The number of nitrogens with one attached hydrogen (secondary N) is 1. The molecule has 0 bridgehead atoms. The Bertz CT molecular complexity index is 1120. The summed E-state index contributed by atoms with van der Waals surface area (Å²) in [5.41, 5.74) is 2.33. The summed E-state index contributed by atoms with van der Waals surface area (Å²) in [7, 11) is 1.37. The molecule has 0 aromatic carbocycles. The molecule has 1 saturated carbocycles. The number of nitrogen functional groups attached to an aromatic ring is 1. The largest absolute Gasteiger partial charge is 0.465 e. The maximum Gasteiger partial charge on any atom is 0.323 e. The number of ether oxygens (including phenoxy) is 2. The molecule has 2 fully saturated rings. The lowest BCUT2D eigenvalue weighted by Crippen LogP contribution is -2.45. The summed E-state index contributed by atoms with van der Waals surface area (Å²) in [5.74, 6) is -0.00287. The summed E-state index contributed by atoms with van der Waals surface area (Å²) in [6.07, 6.45) is -1.79. The van der Waals surface area contributed by atoms with Crippen LogP contribution in [-0.2, 0) is 30.6 Å². The number of hydrogen-bond donors (Lipinski definition) is 3. The van der Waals surface area contributed by atoms with Crippen LogP contribution < -0.4 is 15.7 Å². The minimum absolute atomic E-state index is 0.00303. The number of rotatable bonds is 8. The van der Waals surface area contributed by atoms with Gasteiger partial charge in [0.05, 0.1) is 12.9 Å². The summed E-state index contributed by atoms with van der Waals surface area (Å²) < 4.78 is 33.9. The van der Waals surface area contributed by atoms with Crippen LogP contribution in [0.3, 0.4) is 0 Å². The first-order valence-corrected chi connectivity index (χ1v) is 12.9. The fourth-order valence-electron chi connectivity index (χ4n) is 4.04. The van der Waals surface area contributed by atoms with Crippen LogP contribution in [0.5, 0.6) is 0 Å². The third-order valence-corrected chi connectivity index (χ3v) is 7.64. The summed E-state index contributed by atoms with van der Waals surface area (Å²) in [4.78, 5) is 26.2. The van der Waals surface area contributed by atoms with Crippen LogP contribution in [-0.4, -0.2) is 80.8 Å². The smallest absolute Gasteiger partial charge is 0.323 e. The number of carbonyl (C=O) groups is 1. The van der Waals surface area contributed by atoms with Crippen molar-refractivity contribution in [3.8, 4) is 0 Å². The van der Waals surface area contributed by atoms with Crippen molar-refractivity contribution in [1.82, 2.24) is 24.6 Å². The van der Waals surface area contributed by atoms with Crippen molar-refractivity contribution < 1.29 is 28.3 Å². The van der Waals surface area contributed by atoms with Gasteiger partial charge in [0.2, 0.25) is 5.95 Å². The zero-order valence-corrected chi connectivity index (χ0v) is 20.6. The molecule has 1 aliphatic heterocycles. The average molecular weight is 503 g/mol. The molecule has 4 N–H and O–H groups in total. The van der Waals surface area contributed by atoms with Crippen molar-refractivity contribution in [3.05, 3.63) is 6.33 Å². The molecule has 2 aromatic heterocycles. The van der Waals surface area contributed by atoms with Gasteiger partial charge in [-0.25, -0.2) is 9.37 Å². The fourth-order valence-corrected chi connectivity index (χ4v) is 5.96. The maximum atomic E-state index is 16.0. The first-order valence-electron chi connectivity index (χ1n) is 10.3. The van der Waals surface area contributed by atoms with E-state index in [1.165, 1.54) is 17.8 Å². The van der Waals surface area contributed by atoms with Gasteiger partial charge in [0, 0.05) is 14.1 Å². The molecule has 1 aliphatic carbocycles. The Balaban J connectivity index is 1.52. The molecule has 0 radical (unpaired) electrons. The van der Waals surface area contributed by atoms with Gasteiger partial charge in [-0.15, -0.1) is 0 Å². The van der Waals surface area contributed by atoms with E-state index in [-0.39, 0.29) is 18.2 Å². The number of anilines is 2. The van der Waals surface area contributed by atoms with E-state index in [0.29, 0.717) is 11.3 Å². The predicted octanol–water partition coefficient (Wildman–Crippen LogP) is 0.277. The van der Waals surface area contributed by atoms with E-state index in [0.717, 1.165) is 0 Å². The van der Waals surface area contributed by atoms with E-state index < -0.39 is 48.8 Å². The van der Waals surface area contributed by atoms with E-state index in [1.807, 2.05) is 0 Å². The van der Waals surface area contributed by atoms with E-state index in [9.17, 15) is 9.90 Å². The van der Waals surface area contributed by atoms with Crippen molar-refractivity contribution in [2.24, 2.45) is 0 Å². The number of fused-ring (bicyclic) bond motifs is 2. The van der Waals surface area contributed by atoms with Gasteiger partial charge in [0.1, 0.15) is 25.3 Å². The molecule has 2 aromatic rings. The number of hydrogen-bond acceptors (Lipinski definition) is 11. The lowest BCUT2D eigenvalue weighted by atomic mass is 9.97. The zero-order valence-electron chi connectivity index (χ0n) is 18.8. The summed E-state index contributed by atoms with van der Waals surface area (Å²) in [5, 5.41) is 13.9. The topological polar surface area (TPSA) is 150 Å². The monoisotopic (exact) mass is 503 g/mol. The molecule has 15 heteroatoms. The lowest BCUT2D eigenvalue weighted by Gasteiger charge is -2.31. The van der Waals surface area contributed by atoms with E-state index in [2.05, 4.69) is 20.0 Å². The maximum absolute atomic E-state index is 16.0. The van der Waals surface area contributed by atoms with E-state index in [4.69, 9.17) is 31.5 Å². The number of carbonyl (C=O) groups excluding carboxylic acids is 1. The third-order valence-electron chi connectivity index (χ3n) is 5.86. The molecular weight excluding hydrogens is 476 g/mol. The van der Waals surface area contributed by atoms with Gasteiger partial charge in [0.25, 0.3) is 0 Å². The van der Waals surface area contributed by atoms with Gasteiger partial charge in [-0.3, -0.25) is 14.4 Å². The summed E-state index contributed by atoms with van der Waals surface area (Å²) in [6, 6.07) is -0.691. The van der Waals surface area contributed by atoms with Gasteiger partial charge in [-0.2, -0.15) is 9.97 Å². The van der Waals surface area contributed by atoms with Crippen LogP contribution in [0.25, 0.3) is 11.2 Å². The quantitative estimate of drug-likeness (QED) is 0.335. The Morgan fingerprint density at radius 3 is 2.82 bits per heavy atom. The Morgan fingerprint density at radius 1 is 1.55 bits per heavy atom. The first-order chi connectivity index (χ1) is 15.4. The highest BCUT2D eigenvalue weighted by atomic mass is 32.4. The number of nitrogens with zero attached hydrogens (tertiary/aromatic N) is 5. The SMILES string of the molecule is CCOC(=O)[C@H](C)N[PH](=S)OC1[C@H]2O[C@@H](n3cnc4c(N(C)C)nc(N)nc43)[C@](C)(F)[C@@]12O. The summed E-state index contributed by atoms with van der Waals surface area (Å²) >= 11 is 5.28. The fraction of sp³-hybridized carbons (Fsp3) is 0.667. The normalized spacial score (nSPS) is 32.4. The van der Waals surface area contributed by atoms with Crippen LogP contribution in [0.4, 0.5) is 16.2 Å². The number of esters is 1. The Morgan fingerprint density at radius 2 is 2.24 bits per heavy atom. The van der Waals surface area contributed by atoms with Crippen LogP contribution >= 0.6 is 7.07 Å². The minimum Gasteiger partial charge on any atom is -0.465 e. The second-order valence-electron chi connectivity index (χ2n) is 8.38. The number of aromatic nitrogens is 4. The highest BCUT2D eigenvalue weighted by Crippen LogP contribution is 2.64. The number of alkyl halides is 1. The molecule has 1 saturated heterocycles. The van der Waals surface area contributed by atoms with Crippen molar-refractivity contribution in [2.75, 3.05) is 31.3 Å². The van der Waals surface area contributed by atoms with Gasteiger partial charge >= 0.3 is 5.97 Å². The average Bonchev–Trinajstić information content (AvgIpc) is 3.01. The molecule has 182 valence electrons. The van der Waals surface area contributed by atoms with Gasteiger partial charge < -0.3 is 29.7 Å². The molecule has 4 rings (SSSR count). The highest BCUT2D eigenvalue weighted by molar-refractivity contribution is 8.02. The second kappa shape index (κ2) is 8.36. The summed E-state index contributed by atoms with van der Waals surface area (Å²) in [6.45, 7) is 4.75. The first kappa shape index (κ1) is 24.2. The standard InChI is InChI=1S/C18H27FN7O5PS/c1-6-29-14(27)8(2)24-32(33)31-11-10-18(11,28)17(3,19)15(30-10)26-7-21-9-12(25(4)5)22-16(20)23-13(9)26/h7-8,10-11,15,28,32H,6H2,1-5H3,(H,24,33)(H2,20,22,23)/t8-,10+,11?,15+,17-,18-/m0/s1. The van der Waals surface area contributed by atoms with Crippen molar-refractivity contribution in [2.45, 2.75) is 56.5 Å². The molecule has 12 nitrogen and oxygen atoms in total. The Hall–Kier alpha value is -1.96. The number of halogens is 1. The third kappa shape index (κ3) is 3.78. The van der Waals surface area contributed by atoms with Crippen LogP contribution in [0.15, 0.2) is 6.33 Å². The van der Waals surface area contributed by atoms with Crippen molar-refractivity contribution in [3.63, 3.8) is 0 Å². The number of imidazole rings is 1. The second-order valence-corrected chi connectivity index (χ2v) is 10.6. The molecule has 33 heavy (non-hydrogen) atoms. The molecule has 0 spiro atoms. The predicted molar refractivity (Wildman–Crippen MR) is 122 cm³/mol. The molecule has 0 amide bonds. The lowest BCUT2D eigenvalue weighted by molar-refractivity contribution is -0.144. The zero-order chi connectivity index (χ0) is 24.3. The van der Waals surface area contributed by atoms with Gasteiger partial charge in [-0.1, -0.05) is 11.8 Å². The van der Waals surface area contributed by atoms with E-state index in [1.54, 1.807) is 32.8 Å². The Kier molecular flexibility index (Phi) is 6.13. The van der Waals surface area contributed by atoms with Crippen molar-refractivity contribution >= 4 is 47.8 Å². The van der Waals surface area contributed by atoms with Crippen LogP contribution in [0.2, 0.25) is 0 Å². The van der Waals surface area contributed by atoms with Gasteiger partial charge in [0.15, 0.2) is 34.5 Å². The Labute approximate surface area is 195 Å². The molecule has 2 unspecified atom stereocenters. The van der Waals surface area contributed by atoms with Crippen LogP contribution in [0.1, 0.15) is 27.0 Å². The number of nitrogens with two attached hydrogens (primary N) is 1. The van der Waals surface area contributed by atoms with Crippen molar-refractivity contribution in [1.29, 1.82) is 0 Å². The molecule has 7 atom stereocenters. The van der Waals surface area contributed by atoms with Crippen LogP contribution in [0, 0.1) is 0 Å². The molecule has 2 aliphatic rings.